The number of esters is 1. The van der Waals surface area contributed by atoms with Crippen LogP contribution in [0.3, 0.4) is 0 Å². The summed E-state index contributed by atoms with van der Waals surface area (Å²) in [5, 5.41) is 3.32. The van der Waals surface area contributed by atoms with Crippen LogP contribution in [0.4, 0.5) is 10.1 Å². The van der Waals surface area contributed by atoms with Gasteiger partial charge in [-0.2, -0.15) is 4.39 Å². The molecule has 1 aromatic carbocycles. The topological polar surface area (TPSA) is 54.5 Å². The standard InChI is InChI=1S/C18H18FN3O2/c19-17-3-1-2-15(21-17)14-10-12-4-5-13(11-16(12)24-18(14)23)22-8-6-20-7-9-22/h1-5,11,14,20H,6-10H2. The Bertz CT molecular complexity index is 775. The van der Waals surface area contributed by atoms with Gasteiger partial charge in [0.2, 0.25) is 5.95 Å². The molecule has 0 amide bonds. The molecule has 0 spiro atoms. The van der Waals surface area contributed by atoms with Crippen LogP contribution in [0, 0.1) is 5.95 Å². The number of pyridine rings is 1. The highest BCUT2D eigenvalue weighted by Crippen LogP contribution is 2.35. The van der Waals surface area contributed by atoms with E-state index in [9.17, 15) is 9.18 Å². The molecule has 0 saturated carbocycles. The molecule has 6 heteroatoms. The van der Waals surface area contributed by atoms with Crippen molar-refractivity contribution in [3.05, 3.63) is 53.6 Å². The lowest BCUT2D eigenvalue weighted by atomic mass is 9.92. The number of nitrogens with zero attached hydrogens (tertiary/aromatic N) is 2. The number of aromatic nitrogens is 1. The molecule has 1 fully saturated rings. The van der Waals surface area contributed by atoms with Crippen molar-refractivity contribution < 1.29 is 13.9 Å². The smallest absolute Gasteiger partial charge is 0.320 e. The second-order valence-corrected chi connectivity index (χ2v) is 6.09. The molecule has 5 nitrogen and oxygen atoms in total. The Kier molecular flexibility index (Phi) is 3.90. The lowest BCUT2D eigenvalue weighted by molar-refractivity contribution is -0.137. The average molecular weight is 327 g/mol. The van der Waals surface area contributed by atoms with Crippen molar-refractivity contribution in [3.8, 4) is 5.75 Å². The Hall–Kier alpha value is -2.47. The molecule has 3 heterocycles. The third-order valence-electron chi connectivity index (χ3n) is 4.55. The van der Waals surface area contributed by atoms with E-state index in [0.29, 0.717) is 17.9 Å². The number of piperazine rings is 1. The Morgan fingerprint density at radius 3 is 2.83 bits per heavy atom. The van der Waals surface area contributed by atoms with Gasteiger partial charge in [0.05, 0.1) is 5.69 Å². The fourth-order valence-electron chi connectivity index (χ4n) is 3.25. The van der Waals surface area contributed by atoms with Gasteiger partial charge in [-0.3, -0.25) is 4.79 Å². The zero-order valence-corrected chi connectivity index (χ0v) is 13.2. The van der Waals surface area contributed by atoms with Crippen LogP contribution in [0.1, 0.15) is 17.2 Å². The maximum absolute atomic E-state index is 13.3. The molecule has 0 aliphatic carbocycles. The van der Waals surface area contributed by atoms with Crippen molar-refractivity contribution in [2.24, 2.45) is 0 Å². The summed E-state index contributed by atoms with van der Waals surface area (Å²) in [6.45, 7) is 3.76. The third-order valence-corrected chi connectivity index (χ3v) is 4.55. The maximum atomic E-state index is 13.3. The number of halogens is 1. The number of benzene rings is 1. The van der Waals surface area contributed by atoms with E-state index in [2.05, 4.69) is 21.3 Å². The lowest BCUT2D eigenvalue weighted by Gasteiger charge is -2.31. The van der Waals surface area contributed by atoms with Gasteiger partial charge in [0.25, 0.3) is 0 Å². The quantitative estimate of drug-likeness (QED) is 0.518. The van der Waals surface area contributed by atoms with Crippen LogP contribution in [0.15, 0.2) is 36.4 Å². The van der Waals surface area contributed by atoms with Crippen molar-refractivity contribution in [1.82, 2.24) is 10.3 Å². The van der Waals surface area contributed by atoms with Crippen LogP contribution in [0.5, 0.6) is 5.75 Å². The van der Waals surface area contributed by atoms with Crippen molar-refractivity contribution >= 4 is 11.7 Å². The summed E-state index contributed by atoms with van der Waals surface area (Å²) in [5.41, 5.74) is 2.42. The Morgan fingerprint density at radius 2 is 2.04 bits per heavy atom. The number of carbonyl (C=O) groups excluding carboxylic acids is 1. The van der Waals surface area contributed by atoms with Crippen LogP contribution in [0.25, 0.3) is 0 Å². The second-order valence-electron chi connectivity index (χ2n) is 6.09. The van der Waals surface area contributed by atoms with Gasteiger partial charge >= 0.3 is 5.97 Å². The van der Waals surface area contributed by atoms with Gasteiger partial charge in [-0.25, -0.2) is 4.98 Å². The number of carbonyl (C=O) groups is 1. The van der Waals surface area contributed by atoms with Crippen molar-refractivity contribution in [3.63, 3.8) is 0 Å². The summed E-state index contributed by atoms with van der Waals surface area (Å²) < 4.78 is 18.9. The normalized spacial score (nSPS) is 20.5. The number of rotatable bonds is 2. The van der Waals surface area contributed by atoms with Crippen LogP contribution >= 0.6 is 0 Å². The third kappa shape index (κ3) is 2.85. The summed E-state index contributed by atoms with van der Waals surface area (Å²) in [6.07, 6.45) is 0.479. The molecular formula is C18H18FN3O2. The van der Waals surface area contributed by atoms with E-state index in [1.807, 2.05) is 12.1 Å². The largest absolute Gasteiger partial charge is 0.426 e. The summed E-state index contributed by atoms with van der Waals surface area (Å²) in [7, 11) is 0. The van der Waals surface area contributed by atoms with Gasteiger partial charge in [-0.1, -0.05) is 12.1 Å². The maximum Gasteiger partial charge on any atom is 0.320 e. The zero-order chi connectivity index (χ0) is 16.5. The van der Waals surface area contributed by atoms with Gasteiger partial charge in [-0.05, 0) is 30.2 Å². The molecule has 4 rings (SSSR count). The molecule has 1 aromatic heterocycles. The van der Waals surface area contributed by atoms with Gasteiger partial charge in [-0.15, -0.1) is 0 Å². The number of fused-ring (bicyclic) bond motifs is 1. The Balaban J connectivity index is 1.60. The van der Waals surface area contributed by atoms with E-state index in [0.717, 1.165) is 37.4 Å². The predicted octanol–water partition coefficient (Wildman–Crippen LogP) is 1.88. The molecule has 2 aliphatic heterocycles. The highest BCUT2D eigenvalue weighted by atomic mass is 19.1. The highest BCUT2D eigenvalue weighted by Gasteiger charge is 2.31. The Labute approximate surface area is 139 Å². The minimum absolute atomic E-state index is 0.377. The van der Waals surface area contributed by atoms with Gasteiger partial charge in [0.1, 0.15) is 11.7 Å². The zero-order valence-electron chi connectivity index (χ0n) is 13.2. The fourth-order valence-corrected chi connectivity index (χ4v) is 3.25. The first-order valence-electron chi connectivity index (χ1n) is 8.13. The van der Waals surface area contributed by atoms with Crippen molar-refractivity contribution in [2.45, 2.75) is 12.3 Å². The molecule has 24 heavy (non-hydrogen) atoms. The monoisotopic (exact) mass is 327 g/mol. The van der Waals surface area contributed by atoms with Crippen molar-refractivity contribution in [2.75, 3.05) is 31.1 Å². The van der Waals surface area contributed by atoms with Crippen LogP contribution < -0.4 is 15.0 Å². The van der Waals surface area contributed by atoms with E-state index in [4.69, 9.17) is 4.74 Å². The number of hydrogen-bond donors (Lipinski definition) is 1. The molecule has 124 valence electrons. The molecule has 1 N–H and O–H groups in total. The molecule has 1 atom stereocenters. The first-order valence-corrected chi connectivity index (χ1v) is 8.13. The van der Waals surface area contributed by atoms with Gasteiger partial charge in [0.15, 0.2) is 0 Å². The highest BCUT2D eigenvalue weighted by molar-refractivity contribution is 5.83. The predicted molar refractivity (Wildman–Crippen MR) is 87.8 cm³/mol. The van der Waals surface area contributed by atoms with Crippen molar-refractivity contribution in [1.29, 1.82) is 0 Å². The van der Waals surface area contributed by atoms with E-state index in [1.54, 1.807) is 12.1 Å². The summed E-state index contributed by atoms with van der Waals surface area (Å²) in [4.78, 5) is 18.4. The molecule has 1 saturated heterocycles. The summed E-state index contributed by atoms with van der Waals surface area (Å²) >= 11 is 0. The lowest BCUT2D eigenvalue weighted by Crippen LogP contribution is -2.43. The van der Waals surface area contributed by atoms with Gasteiger partial charge < -0.3 is 15.0 Å². The van der Waals surface area contributed by atoms with Crippen LogP contribution in [0.2, 0.25) is 0 Å². The first kappa shape index (κ1) is 15.1. The van der Waals surface area contributed by atoms with E-state index in [1.165, 1.54) is 6.07 Å². The van der Waals surface area contributed by atoms with E-state index >= 15 is 0 Å². The first-order chi connectivity index (χ1) is 11.7. The minimum Gasteiger partial charge on any atom is -0.426 e. The summed E-state index contributed by atoms with van der Waals surface area (Å²) in [6, 6.07) is 10.5. The van der Waals surface area contributed by atoms with Crippen LogP contribution in [-0.2, 0) is 11.2 Å². The SMILES string of the molecule is O=C1Oc2cc(N3CCNCC3)ccc2CC1c1cccc(F)n1. The Morgan fingerprint density at radius 1 is 1.21 bits per heavy atom. The average Bonchev–Trinajstić information content (AvgIpc) is 2.61. The number of anilines is 1. The van der Waals surface area contributed by atoms with E-state index in [-0.39, 0.29) is 5.97 Å². The molecule has 0 radical (unpaired) electrons. The van der Waals surface area contributed by atoms with E-state index < -0.39 is 11.9 Å². The molecule has 2 aromatic rings. The summed E-state index contributed by atoms with van der Waals surface area (Å²) in [5.74, 6) is -0.917. The number of ether oxygens (including phenoxy) is 1. The molecular weight excluding hydrogens is 309 g/mol. The fraction of sp³-hybridized carbons (Fsp3) is 0.333. The molecule has 2 aliphatic rings. The number of hydrogen-bond acceptors (Lipinski definition) is 5. The minimum atomic E-state index is -0.583. The molecule has 0 bridgehead atoms. The number of nitrogens with one attached hydrogen (secondary N) is 1. The second kappa shape index (κ2) is 6.20. The van der Waals surface area contributed by atoms with Crippen LogP contribution in [-0.4, -0.2) is 37.1 Å². The van der Waals surface area contributed by atoms with Gasteiger partial charge in [0, 0.05) is 37.9 Å². The molecule has 1 unspecified atom stereocenters.